The number of carbonyl (C=O) groups is 4. The Hall–Kier alpha value is -3.26. The number of nitrogens with one attached hydrogen (secondary N) is 1. The lowest BCUT2D eigenvalue weighted by Gasteiger charge is -2.38. The molecule has 2 N–H and O–H groups in total. The zero-order valence-electron chi connectivity index (χ0n) is 30.6. The summed E-state index contributed by atoms with van der Waals surface area (Å²) >= 11 is 1.13. The smallest absolute Gasteiger partial charge is 0.410 e. The molecule has 0 spiro atoms. The van der Waals surface area contributed by atoms with Gasteiger partial charge in [-0.1, -0.05) is 31.6 Å². The highest BCUT2D eigenvalue weighted by Crippen LogP contribution is 2.38. The second-order valence-electron chi connectivity index (χ2n) is 16.4. The van der Waals surface area contributed by atoms with Crippen LogP contribution in [0.4, 0.5) is 15.3 Å². The molecule has 2 aliphatic carbocycles. The van der Waals surface area contributed by atoms with Crippen LogP contribution in [0.25, 0.3) is 0 Å². The molecule has 11 heteroatoms. The van der Waals surface area contributed by atoms with E-state index in [1.807, 2.05) is 41.5 Å². The molecular formula is C38H57N3O7S. The molecule has 10 nitrogen and oxygen atoms in total. The summed E-state index contributed by atoms with van der Waals surface area (Å²) in [4.78, 5) is 56.1. The van der Waals surface area contributed by atoms with Crippen molar-refractivity contribution in [3.05, 3.63) is 15.8 Å². The van der Waals surface area contributed by atoms with Crippen LogP contribution in [0.5, 0.6) is 0 Å². The second-order valence-corrected chi connectivity index (χ2v) is 17.5. The maximum atomic E-state index is 14.1. The summed E-state index contributed by atoms with van der Waals surface area (Å²) in [6, 6.07) is 1.49. The predicted molar refractivity (Wildman–Crippen MR) is 192 cm³/mol. The van der Waals surface area contributed by atoms with Crippen LogP contribution in [0.15, 0.2) is 6.07 Å². The SMILES string of the molecule is CC1CCC(CC(=O)N(c2cc(C#CC(C)(C)C)sc2C(=O)O)C2CCC(NC(=O)OCC3CCCN(C(=O)OC(C)(C)C)C3)CC2)CC1. The van der Waals surface area contributed by atoms with Gasteiger partial charge in [-0.3, -0.25) is 4.79 Å². The topological polar surface area (TPSA) is 125 Å². The van der Waals surface area contributed by atoms with Crippen LogP contribution in [0.1, 0.15) is 134 Å². The van der Waals surface area contributed by atoms with Gasteiger partial charge in [0.05, 0.1) is 17.2 Å². The molecule has 1 unspecified atom stereocenters. The summed E-state index contributed by atoms with van der Waals surface area (Å²) in [5, 5.41) is 13.2. The van der Waals surface area contributed by atoms with E-state index >= 15 is 0 Å². The molecule has 1 aliphatic heterocycles. The number of thiophene rings is 1. The van der Waals surface area contributed by atoms with Crippen molar-refractivity contribution in [1.29, 1.82) is 0 Å². The molecule has 1 aromatic rings. The number of carbonyl (C=O) groups excluding carboxylic acids is 3. The van der Waals surface area contributed by atoms with Crippen molar-refractivity contribution < 1.29 is 33.8 Å². The molecule has 49 heavy (non-hydrogen) atoms. The Morgan fingerprint density at radius 3 is 2.27 bits per heavy atom. The summed E-state index contributed by atoms with van der Waals surface area (Å²) < 4.78 is 11.1. The minimum atomic E-state index is -1.06. The van der Waals surface area contributed by atoms with Gasteiger partial charge in [-0.15, -0.1) is 11.3 Å². The van der Waals surface area contributed by atoms with E-state index in [9.17, 15) is 24.3 Å². The molecule has 2 saturated carbocycles. The Kier molecular flexibility index (Phi) is 13.1. The van der Waals surface area contributed by atoms with E-state index < -0.39 is 17.7 Å². The van der Waals surface area contributed by atoms with Crippen molar-refractivity contribution in [1.82, 2.24) is 10.2 Å². The van der Waals surface area contributed by atoms with Gasteiger partial charge in [-0.2, -0.15) is 0 Å². The van der Waals surface area contributed by atoms with Crippen LogP contribution in [0, 0.1) is 35.0 Å². The lowest BCUT2D eigenvalue weighted by atomic mass is 9.81. The fourth-order valence-electron chi connectivity index (χ4n) is 7.01. The van der Waals surface area contributed by atoms with Crippen LogP contribution in [0.2, 0.25) is 0 Å². The van der Waals surface area contributed by atoms with Crippen molar-refractivity contribution in [2.45, 2.75) is 137 Å². The summed E-state index contributed by atoms with van der Waals surface area (Å²) in [7, 11) is 0. The maximum absolute atomic E-state index is 14.1. The molecule has 0 radical (unpaired) electrons. The maximum Gasteiger partial charge on any atom is 0.410 e. The summed E-state index contributed by atoms with van der Waals surface area (Å²) in [5.41, 5.74) is -0.373. The Morgan fingerprint density at radius 2 is 1.65 bits per heavy atom. The number of hydrogen-bond acceptors (Lipinski definition) is 7. The summed E-state index contributed by atoms with van der Waals surface area (Å²) in [6.45, 7) is 15.1. The molecule has 1 atom stereocenters. The van der Waals surface area contributed by atoms with E-state index in [0.29, 0.717) is 67.6 Å². The van der Waals surface area contributed by atoms with Gasteiger partial charge < -0.3 is 29.7 Å². The van der Waals surface area contributed by atoms with Gasteiger partial charge in [0.25, 0.3) is 0 Å². The third-order valence-corrected chi connectivity index (χ3v) is 10.6. The first-order chi connectivity index (χ1) is 23.0. The van der Waals surface area contributed by atoms with Crippen LogP contribution in [0.3, 0.4) is 0 Å². The second kappa shape index (κ2) is 16.6. The summed E-state index contributed by atoms with van der Waals surface area (Å²) in [5.74, 6) is 6.27. The highest BCUT2D eigenvalue weighted by atomic mass is 32.1. The van der Waals surface area contributed by atoms with Crippen LogP contribution < -0.4 is 10.2 Å². The van der Waals surface area contributed by atoms with Crippen molar-refractivity contribution in [2.75, 3.05) is 24.6 Å². The lowest BCUT2D eigenvalue weighted by molar-refractivity contribution is -0.120. The zero-order chi connectivity index (χ0) is 35.9. The molecular weight excluding hydrogens is 642 g/mol. The molecule has 272 valence electrons. The monoisotopic (exact) mass is 699 g/mol. The van der Waals surface area contributed by atoms with Gasteiger partial charge in [0.2, 0.25) is 5.91 Å². The van der Waals surface area contributed by atoms with E-state index in [2.05, 4.69) is 24.1 Å². The van der Waals surface area contributed by atoms with Crippen LogP contribution >= 0.6 is 11.3 Å². The molecule has 4 rings (SSSR count). The third kappa shape index (κ3) is 11.9. The number of anilines is 1. The molecule has 1 aromatic heterocycles. The zero-order valence-corrected chi connectivity index (χ0v) is 31.4. The molecule has 3 fully saturated rings. The third-order valence-electron chi connectivity index (χ3n) is 9.60. The number of ether oxygens (including phenoxy) is 2. The van der Waals surface area contributed by atoms with Gasteiger partial charge in [-0.05, 0) is 111 Å². The lowest BCUT2D eigenvalue weighted by Crippen LogP contribution is -2.47. The molecule has 3 aliphatic rings. The number of carboxylic acid groups (broad SMARTS) is 1. The Bertz CT molecular complexity index is 1380. The molecule has 2 heterocycles. The van der Waals surface area contributed by atoms with E-state index in [1.165, 1.54) is 0 Å². The number of rotatable bonds is 8. The van der Waals surface area contributed by atoms with Gasteiger partial charge in [0.15, 0.2) is 0 Å². The Labute approximate surface area is 296 Å². The Morgan fingerprint density at radius 1 is 0.980 bits per heavy atom. The van der Waals surface area contributed by atoms with Crippen molar-refractivity contribution >= 4 is 41.1 Å². The van der Waals surface area contributed by atoms with Crippen molar-refractivity contribution in [2.24, 2.45) is 23.2 Å². The molecule has 0 bridgehead atoms. The van der Waals surface area contributed by atoms with E-state index in [-0.39, 0.29) is 46.9 Å². The highest BCUT2D eigenvalue weighted by molar-refractivity contribution is 7.15. The van der Waals surface area contributed by atoms with Crippen LogP contribution in [-0.2, 0) is 14.3 Å². The van der Waals surface area contributed by atoms with Crippen LogP contribution in [-0.4, -0.2) is 71.5 Å². The minimum Gasteiger partial charge on any atom is -0.477 e. The fourth-order valence-corrected chi connectivity index (χ4v) is 7.85. The molecule has 3 amide bonds. The highest BCUT2D eigenvalue weighted by Gasteiger charge is 2.36. The average molecular weight is 700 g/mol. The minimum absolute atomic E-state index is 0.0288. The fraction of sp³-hybridized carbons (Fsp3) is 0.737. The quantitative estimate of drug-likeness (QED) is 0.263. The predicted octanol–water partition coefficient (Wildman–Crippen LogP) is 8.08. The van der Waals surface area contributed by atoms with Gasteiger partial charge in [0.1, 0.15) is 10.5 Å². The number of nitrogens with zero attached hydrogens (tertiary/aromatic N) is 2. The first kappa shape index (κ1) is 38.5. The average Bonchev–Trinajstić information content (AvgIpc) is 3.44. The number of likely N-dealkylation sites (tertiary alicyclic amines) is 1. The number of piperidine rings is 1. The first-order valence-electron chi connectivity index (χ1n) is 18.1. The standard InChI is InChI=1S/C38H57N3O7S/c1-25-10-12-26(13-11-25)21-32(42)41(31-22-30(18-19-37(2,3)4)49-33(31)34(43)44)29-16-14-28(15-17-29)39-35(45)47-24-27-9-8-20-40(23-27)36(46)48-38(5,6)7/h22,25-29H,8-17,20-21,23-24H2,1-7H3,(H,39,45)(H,43,44). The van der Waals surface area contributed by atoms with Crippen molar-refractivity contribution in [3.63, 3.8) is 0 Å². The van der Waals surface area contributed by atoms with Gasteiger partial charge in [-0.25, -0.2) is 14.4 Å². The number of aromatic carboxylic acids is 1. The van der Waals surface area contributed by atoms with Gasteiger partial charge in [0, 0.05) is 42.9 Å². The number of amides is 3. The number of hydrogen-bond donors (Lipinski definition) is 2. The van der Waals surface area contributed by atoms with E-state index in [4.69, 9.17) is 9.47 Å². The summed E-state index contributed by atoms with van der Waals surface area (Å²) in [6.07, 6.45) is 8.06. The van der Waals surface area contributed by atoms with Crippen molar-refractivity contribution in [3.8, 4) is 11.8 Å². The first-order valence-corrected chi connectivity index (χ1v) is 18.9. The largest absolute Gasteiger partial charge is 0.477 e. The Balaban J connectivity index is 1.38. The normalized spacial score (nSPS) is 24.6. The van der Waals surface area contributed by atoms with Gasteiger partial charge >= 0.3 is 18.2 Å². The molecule has 0 aromatic carbocycles. The van der Waals surface area contributed by atoms with E-state index in [1.54, 1.807) is 15.9 Å². The molecule has 1 saturated heterocycles. The number of alkyl carbamates (subject to hydrolysis) is 1. The number of carboxylic acids is 1. The van der Waals surface area contributed by atoms with E-state index in [0.717, 1.165) is 49.9 Å².